The van der Waals surface area contributed by atoms with Crippen molar-refractivity contribution in [2.24, 2.45) is 0 Å². The molecular weight excluding hydrogens is 220 g/mol. The van der Waals surface area contributed by atoms with Crippen LogP contribution in [0.2, 0.25) is 0 Å². The van der Waals surface area contributed by atoms with Gasteiger partial charge in [-0.25, -0.2) is 0 Å². The summed E-state index contributed by atoms with van der Waals surface area (Å²) in [5, 5.41) is 20.5. The van der Waals surface area contributed by atoms with E-state index in [1.165, 1.54) is 6.07 Å². The van der Waals surface area contributed by atoms with Crippen LogP contribution in [0.15, 0.2) is 18.2 Å². The fraction of sp³-hybridized carbons (Fsp3) is 0.500. The summed E-state index contributed by atoms with van der Waals surface area (Å²) in [5.41, 5.74) is 1.21. The number of hydrogen-bond donors (Lipinski definition) is 1. The Morgan fingerprint density at radius 3 is 2.41 bits per heavy atom. The lowest BCUT2D eigenvalue weighted by atomic mass is 10.1. The van der Waals surface area contributed by atoms with E-state index in [1.807, 2.05) is 18.7 Å². The number of nitro groups is 1. The van der Waals surface area contributed by atoms with E-state index < -0.39 is 11.0 Å². The highest BCUT2D eigenvalue weighted by molar-refractivity contribution is 5.64. The number of nitro benzene ring substituents is 1. The highest BCUT2D eigenvalue weighted by Crippen LogP contribution is 2.30. The second kappa shape index (κ2) is 5.63. The van der Waals surface area contributed by atoms with E-state index in [9.17, 15) is 15.2 Å². The quantitative estimate of drug-likeness (QED) is 0.632. The lowest BCUT2D eigenvalue weighted by molar-refractivity contribution is -0.384. The van der Waals surface area contributed by atoms with Crippen LogP contribution in [0, 0.1) is 10.1 Å². The molecule has 0 aromatic heterocycles. The van der Waals surface area contributed by atoms with Crippen molar-refractivity contribution in [1.82, 2.24) is 0 Å². The average Bonchev–Trinajstić information content (AvgIpc) is 2.30. The first-order chi connectivity index (χ1) is 8.01. The maximum atomic E-state index is 11.0. The average molecular weight is 238 g/mol. The summed E-state index contributed by atoms with van der Waals surface area (Å²) in [4.78, 5) is 12.5. The van der Waals surface area contributed by atoms with Crippen LogP contribution < -0.4 is 4.90 Å². The Morgan fingerprint density at radius 2 is 2.00 bits per heavy atom. The Hall–Kier alpha value is -1.62. The molecule has 0 heterocycles. The Kier molecular flexibility index (Phi) is 4.45. The number of benzene rings is 1. The van der Waals surface area contributed by atoms with Crippen molar-refractivity contribution < 1.29 is 10.0 Å². The molecule has 1 N–H and O–H groups in total. The third-order valence-electron chi connectivity index (χ3n) is 2.78. The van der Waals surface area contributed by atoms with Crippen LogP contribution in [0.5, 0.6) is 0 Å². The maximum Gasteiger partial charge on any atom is 0.292 e. The fourth-order valence-electron chi connectivity index (χ4n) is 1.78. The van der Waals surface area contributed by atoms with Crippen LogP contribution in [-0.4, -0.2) is 23.1 Å². The van der Waals surface area contributed by atoms with Gasteiger partial charge in [-0.2, -0.15) is 0 Å². The smallest absolute Gasteiger partial charge is 0.292 e. The van der Waals surface area contributed by atoms with Crippen molar-refractivity contribution in [3.8, 4) is 0 Å². The van der Waals surface area contributed by atoms with Gasteiger partial charge in [0.1, 0.15) is 5.69 Å². The van der Waals surface area contributed by atoms with E-state index in [4.69, 9.17) is 0 Å². The summed E-state index contributed by atoms with van der Waals surface area (Å²) in [7, 11) is 0. The summed E-state index contributed by atoms with van der Waals surface area (Å²) in [6.45, 7) is 6.93. The number of anilines is 1. The normalized spacial score (nSPS) is 12.2. The van der Waals surface area contributed by atoms with Gasteiger partial charge in [-0.05, 0) is 32.4 Å². The van der Waals surface area contributed by atoms with Crippen LogP contribution in [0.3, 0.4) is 0 Å². The molecule has 1 aromatic carbocycles. The summed E-state index contributed by atoms with van der Waals surface area (Å²) >= 11 is 0. The highest BCUT2D eigenvalue weighted by atomic mass is 16.6. The number of rotatable bonds is 5. The second-order valence-corrected chi connectivity index (χ2v) is 3.85. The van der Waals surface area contributed by atoms with E-state index >= 15 is 0 Å². The molecule has 0 radical (unpaired) electrons. The Balaban J connectivity index is 3.26. The molecule has 0 aliphatic heterocycles. The third kappa shape index (κ3) is 2.94. The molecule has 5 nitrogen and oxygen atoms in total. The van der Waals surface area contributed by atoms with Gasteiger partial charge < -0.3 is 10.0 Å². The SMILES string of the molecule is CCN(CC)c1ccc([C@@H](C)O)cc1[N+](=O)[O-]. The fourth-order valence-corrected chi connectivity index (χ4v) is 1.78. The van der Waals surface area contributed by atoms with Gasteiger partial charge in [0, 0.05) is 19.2 Å². The van der Waals surface area contributed by atoms with Gasteiger partial charge >= 0.3 is 0 Å². The van der Waals surface area contributed by atoms with Crippen LogP contribution in [0.4, 0.5) is 11.4 Å². The molecule has 1 aromatic rings. The Bertz CT molecular complexity index is 401. The van der Waals surface area contributed by atoms with Gasteiger partial charge in [0.05, 0.1) is 11.0 Å². The summed E-state index contributed by atoms with van der Waals surface area (Å²) in [6.07, 6.45) is -0.695. The van der Waals surface area contributed by atoms with Gasteiger partial charge in [0.25, 0.3) is 5.69 Å². The zero-order chi connectivity index (χ0) is 13.0. The topological polar surface area (TPSA) is 66.6 Å². The van der Waals surface area contributed by atoms with Gasteiger partial charge in [-0.1, -0.05) is 6.07 Å². The number of aliphatic hydroxyl groups is 1. The second-order valence-electron chi connectivity index (χ2n) is 3.85. The minimum atomic E-state index is -0.695. The first-order valence-electron chi connectivity index (χ1n) is 5.72. The zero-order valence-corrected chi connectivity index (χ0v) is 10.4. The molecule has 1 rings (SSSR count). The molecule has 0 spiro atoms. The minimum Gasteiger partial charge on any atom is -0.389 e. The molecule has 0 saturated heterocycles. The molecule has 17 heavy (non-hydrogen) atoms. The predicted octanol–water partition coefficient (Wildman–Crippen LogP) is 2.49. The molecule has 0 saturated carbocycles. The largest absolute Gasteiger partial charge is 0.389 e. The molecule has 94 valence electrons. The Labute approximate surface area is 101 Å². The molecular formula is C12H18N2O3. The van der Waals surface area contributed by atoms with E-state index in [1.54, 1.807) is 19.1 Å². The molecule has 0 aliphatic rings. The minimum absolute atomic E-state index is 0.0482. The summed E-state index contributed by atoms with van der Waals surface area (Å²) in [5.74, 6) is 0. The van der Waals surface area contributed by atoms with Crippen molar-refractivity contribution in [2.75, 3.05) is 18.0 Å². The number of aliphatic hydroxyl groups excluding tert-OH is 1. The predicted molar refractivity (Wildman–Crippen MR) is 67.3 cm³/mol. The van der Waals surface area contributed by atoms with Crippen LogP contribution in [0.1, 0.15) is 32.4 Å². The monoisotopic (exact) mass is 238 g/mol. The van der Waals surface area contributed by atoms with Crippen LogP contribution in [0.25, 0.3) is 0 Å². The van der Waals surface area contributed by atoms with E-state index in [-0.39, 0.29) is 5.69 Å². The molecule has 0 fully saturated rings. The van der Waals surface area contributed by atoms with Crippen molar-refractivity contribution in [1.29, 1.82) is 0 Å². The van der Waals surface area contributed by atoms with Gasteiger partial charge in [-0.15, -0.1) is 0 Å². The molecule has 0 unspecified atom stereocenters. The van der Waals surface area contributed by atoms with Gasteiger partial charge in [0.15, 0.2) is 0 Å². The van der Waals surface area contributed by atoms with Crippen molar-refractivity contribution in [3.05, 3.63) is 33.9 Å². The highest BCUT2D eigenvalue weighted by Gasteiger charge is 2.19. The summed E-state index contributed by atoms with van der Waals surface area (Å²) < 4.78 is 0. The lowest BCUT2D eigenvalue weighted by Crippen LogP contribution is -2.22. The third-order valence-corrected chi connectivity index (χ3v) is 2.78. The standard InChI is InChI=1S/C12H18N2O3/c1-4-13(5-2)11-7-6-10(9(3)15)8-12(11)14(16)17/h6-9,15H,4-5H2,1-3H3/t9-/m1/s1. The van der Waals surface area contributed by atoms with Crippen molar-refractivity contribution in [3.63, 3.8) is 0 Å². The first kappa shape index (κ1) is 13.4. The number of nitrogens with zero attached hydrogens (tertiary/aromatic N) is 2. The van der Waals surface area contributed by atoms with E-state index in [2.05, 4.69) is 0 Å². The molecule has 0 aliphatic carbocycles. The van der Waals surface area contributed by atoms with E-state index in [0.29, 0.717) is 24.3 Å². The maximum absolute atomic E-state index is 11.0. The lowest BCUT2D eigenvalue weighted by Gasteiger charge is -2.21. The molecule has 5 heteroatoms. The molecule has 0 bridgehead atoms. The first-order valence-corrected chi connectivity index (χ1v) is 5.72. The van der Waals surface area contributed by atoms with Crippen molar-refractivity contribution >= 4 is 11.4 Å². The molecule has 1 atom stereocenters. The number of hydrogen-bond acceptors (Lipinski definition) is 4. The van der Waals surface area contributed by atoms with Gasteiger partial charge in [0.2, 0.25) is 0 Å². The summed E-state index contributed by atoms with van der Waals surface area (Å²) in [6, 6.07) is 4.87. The zero-order valence-electron chi connectivity index (χ0n) is 10.4. The van der Waals surface area contributed by atoms with Crippen LogP contribution >= 0.6 is 0 Å². The molecule has 0 amide bonds. The Morgan fingerprint density at radius 1 is 1.41 bits per heavy atom. The van der Waals surface area contributed by atoms with Crippen molar-refractivity contribution in [2.45, 2.75) is 26.9 Å². The van der Waals surface area contributed by atoms with E-state index in [0.717, 1.165) is 0 Å². The van der Waals surface area contributed by atoms with Crippen LogP contribution in [-0.2, 0) is 0 Å². The van der Waals surface area contributed by atoms with Gasteiger partial charge in [-0.3, -0.25) is 10.1 Å².